The van der Waals surface area contributed by atoms with Crippen LogP contribution in [0.5, 0.6) is 5.75 Å². The smallest absolute Gasteiger partial charge is 0.407 e. The van der Waals surface area contributed by atoms with Gasteiger partial charge in [0.05, 0.1) is 39.4 Å². The normalized spacial score (nSPS) is 21.2. The molecule has 0 radical (unpaired) electrons. The van der Waals surface area contributed by atoms with Crippen LogP contribution in [0.3, 0.4) is 0 Å². The van der Waals surface area contributed by atoms with E-state index in [0.29, 0.717) is 70.2 Å². The van der Waals surface area contributed by atoms with Gasteiger partial charge >= 0.3 is 12.2 Å². The maximum Gasteiger partial charge on any atom is 0.407 e. The minimum atomic E-state index is -1.01. The van der Waals surface area contributed by atoms with E-state index < -0.39 is 36.5 Å². The van der Waals surface area contributed by atoms with Gasteiger partial charge in [-0.3, -0.25) is 14.7 Å². The third-order valence-electron chi connectivity index (χ3n) is 12.5. The van der Waals surface area contributed by atoms with Crippen LogP contribution in [-0.2, 0) is 30.3 Å². The number of carbonyl (C=O) groups excluding carboxylic acids is 3. The summed E-state index contributed by atoms with van der Waals surface area (Å²) in [5, 5.41) is 20.8. The van der Waals surface area contributed by atoms with Gasteiger partial charge in [0.25, 0.3) is 5.91 Å². The molecule has 17 nitrogen and oxygen atoms in total. The molecule has 1 aromatic heterocycles. The fraction of sp³-hybridized carbons (Fsp3) is 0.479. The summed E-state index contributed by atoms with van der Waals surface area (Å²) in [6.45, 7) is 8.94. The molecule has 0 spiro atoms. The van der Waals surface area contributed by atoms with Crippen LogP contribution < -0.4 is 20.7 Å². The van der Waals surface area contributed by atoms with Gasteiger partial charge < -0.3 is 54.6 Å². The average molecular weight is 891 g/mol. The number of aromatic nitrogens is 2. The Morgan fingerprint density at radius 1 is 1.05 bits per heavy atom. The molecule has 3 aromatic rings. The Bertz CT molecular complexity index is 2420. The van der Waals surface area contributed by atoms with Crippen molar-refractivity contribution >= 4 is 29.5 Å². The zero-order valence-electron chi connectivity index (χ0n) is 37.7. The summed E-state index contributed by atoms with van der Waals surface area (Å²) < 4.78 is 28.2. The number of aliphatic hydroxyl groups excluding tert-OH is 1. The first kappa shape index (κ1) is 45.2. The van der Waals surface area contributed by atoms with E-state index in [1.165, 1.54) is 14.2 Å². The van der Waals surface area contributed by atoms with Gasteiger partial charge in [0.1, 0.15) is 48.7 Å². The van der Waals surface area contributed by atoms with Crippen molar-refractivity contribution in [3.63, 3.8) is 0 Å². The number of amides is 3. The molecule has 65 heavy (non-hydrogen) atoms. The fourth-order valence-electron chi connectivity index (χ4n) is 9.29. The van der Waals surface area contributed by atoms with Crippen LogP contribution >= 0.6 is 0 Å². The van der Waals surface area contributed by atoms with Crippen molar-refractivity contribution in [2.45, 2.75) is 76.5 Å². The molecule has 8 rings (SSSR count). The zero-order valence-corrected chi connectivity index (χ0v) is 37.7. The van der Waals surface area contributed by atoms with Gasteiger partial charge in [-0.15, -0.1) is 0 Å². The molecule has 5 heterocycles. The van der Waals surface area contributed by atoms with Gasteiger partial charge in [-0.2, -0.15) is 0 Å². The molecule has 7 atom stereocenters. The summed E-state index contributed by atoms with van der Waals surface area (Å²) >= 11 is 0. The second kappa shape index (κ2) is 19.8. The first-order chi connectivity index (χ1) is 31.5. The van der Waals surface area contributed by atoms with E-state index in [-0.39, 0.29) is 29.7 Å². The highest BCUT2D eigenvalue weighted by molar-refractivity contribution is 5.90. The van der Waals surface area contributed by atoms with Crippen LogP contribution in [0, 0.1) is 23.7 Å². The number of amidine groups is 1. The van der Waals surface area contributed by atoms with Gasteiger partial charge in [0.15, 0.2) is 6.04 Å². The summed E-state index contributed by atoms with van der Waals surface area (Å²) in [5.74, 6) is 8.88. The van der Waals surface area contributed by atoms with Crippen LogP contribution in [-0.4, -0.2) is 122 Å². The van der Waals surface area contributed by atoms with Gasteiger partial charge in [-0.25, -0.2) is 14.6 Å². The fourth-order valence-corrected chi connectivity index (χ4v) is 9.29. The lowest BCUT2D eigenvalue weighted by Gasteiger charge is -2.37. The highest BCUT2D eigenvalue weighted by Crippen LogP contribution is 2.50. The molecular formula is C48H58N8O9. The van der Waals surface area contributed by atoms with E-state index in [0.717, 1.165) is 50.9 Å². The number of methoxy groups -OCH3 is 3. The van der Waals surface area contributed by atoms with E-state index in [1.54, 1.807) is 30.3 Å². The maximum atomic E-state index is 14.1. The topological polar surface area (TPSA) is 201 Å². The number of nitrogens with zero attached hydrogens (tertiary/aromatic N) is 4. The first-order valence-electron chi connectivity index (χ1n) is 22.1. The number of ether oxygens (including phenoxy) is 5. The first-order valence-corrected chi connectivity index (χ1v) is 22.1. The van der Waals surface area contributed by atoms with E-state index >= 15 is 0 Å². The molecule has 0 bridgehead atoms. The molecule has 5 aliphatic rings. The molecule has 1 aliphatic carbocycles. The largest absolute Gasteiger partial charge is 0.489 e. The Morgan fingerprint density at radius 2 is 1.83 bits per heavy atom. The summed E-state index contributed by atoms with van der Waals surface area (Å²) in [4.78, 5) is 55.4. The SMILES string of the molecule is COC[C@@H](C)CN(CC1=NCC(c2cc3c4c(c2)OCC2=C4C(=CC(c4cnc([C@@H]5C#CCCN5C(=O)[C@H](NC(=O)OC)c5ccccc5)[nH]4)C2)OC3)N1)C(O)[C@@H](NC(=O)OC)C(C)C. The molecule has 3 unspecified atom stereocenters. The molecular weight excluding hydrogens is 833 g/mol. The third-order valence-corrected chi connectivity index (χ3v) is 12.5. The van der Waals surface area contributed by atoms with E-state index in [1.807, 2.05) is 36.9 Å². The number of hydrogen-bond acceptors (Lipinski definition) is 13. The van der Waals surface area contributed by atoms with Crippen LogP contribution in [0.4, 0.5) is 9.59 Å². The third kappa shape index (κ3) is 9.70. The highest BCUT2D eigenvalue weighted by atomic mass is 16.5. The lowest BCUT2D eigenvalue weighted by Crippen LogP contribution is -2.56. The number of alkyl carbamates (subject to hydrolysis) is 2. The highest BCUT2D eigenvalue weighted by Gasteiger charge is 2.39. The monoisotopic (exact) mass is 890 g/mol. The number of nitrogens with one attached hydrogen (secondary N) is 4. The van der Waals surface area contributed by atoms with Gasteiger partial charge in [0, 0.05) is 67.7 Å². The quantitative estimate of drug-likeness (QED) is 0.0969. The number of aromatic amines is 1. The minimum absolute atomic E-state index is 0.0738. The van der Waals surface area contributed by atoms with Crippen molar-refractivity contribution in [2.24, 2.45) is 16.8 Å². The Morgan fingerprint density at radius 3 is 2.58 bits per heavy atom. The van der Waals surface area contributed by atoms with Crippen molar-refractivity contribution in [3.8, 4) is 17.6 Å². The number of aliphatic imine (C=N–C) groups is 1. The van der Waals surface area contributed by atoms with Crippen LogP contribution in [0.15, 0.2) is 71.1 Å². The summed E-state index contributed by atoms with van der Waals surface area (Å²) in [5.41, 5.74) is 6.81. The number of imidazole rings is 1. The number of carbonyl (C=O) groups is 3. The second-order valence-corrected chi connectivity index (χ2v) is 17.5. The Balaban J connectivity index is 0.963. The van der Waals surface area contributed by atoms with Crippen LogP contribution in [0.25, 0.3) is 5.57 Å². The van der Waals surface area contributed by atoms with Gasteiger partial charge in [-0.05, 0) is 53.2 Å². The van der Waals surface area contributed by atoms with Gasteiger partial charge in [-0.1, -0.05) is 62.9 Å². The average Bonchev–Trinajstić information content (AvgIpc) is 4.02. The number of hydrogen-bond donors (Lipinski definition) is 5. The van der Waals surface area contributed by atoms with E-state index in [4.69, 9.17) is 33.7 Å². The number of allylic oxidation sites excluding steroid dienone is 2. The molecule has 0 saturated heterocycles. The number of aliphatic hydroxyl groups is 1. The Kier molecular flexibility index (Phi) is 13.8. The maximum absolute atomic E-state index is 14.1. The lowest BCUT2D eigenvalue weighted by atomic mass is 9.80. The number of H-pyrrole nitrogens is 1. The Hall–Kier alpha value is -6.35. The molecule has 0 saturated carbocycles. The summed E-state index contributed by atoms with van der Waals surface area (Å²) in [7, 11) is 4.23. The van der Waals surface area contributed by atoms with E-state index in [2.05, 4.69) is 57.9 Å². The van der Waals surface area contributed by atoms with E-state index in [9.17, 15) is 19.5 Å². The van der Waals surface area contributed by atoms with Gasteiger partial charge in [0.2, 0.25) is 0 Å². The molecule has 344 valence electrons. The summed E-state index contributed by atoms with van der Waals surface area (Å²) in [6.07, 6.45) is 2.80. The minimum Gasteiger partial charge on any atom is -0.489 e. The Labute approximate surface area is 379 Å². The standard InChI is InChI=1S/C48H58N8O9/c1-27(2)42(53-47(59)62-5)45(57)55(22-28(3)24-61-4)23-39-49-20-34(51-39)30-16-32-25-65-38-19-31(17-33-26-64-37(18-30)40(32)41(33)38)35-21-50-44(52-35)36-14-10-11-15-56(36)46(58)43(54-48(60)63-6)29-12-8-7-9-13-29/h7-9,12-13,16,18-19,21,27-28,31,34,36,42-43,45,57H,11,15,17,20,22-26H2,1-6H3,(H,49,51)(H,50,52)(H,53,59)(H,54,60)/t28-,31?,34?,36-,42-,43+,45?/m0/s1. The number of rotatable bonds is 16. The van der Waals surface area contributed by atoms with Crippen molar-refractivity contribution < 1.29 is 43.2 Å². The van der Waals surface area contributed by atoms with Crippen molar-refractivity contribution in [1.29, 1.82) is 0 Å². The number of benzene rings is 2. The van der Waals surface area contributed by atoms with Crippen molar-refractivity contribution in [2.75, 3.05) is 60.7 Å². The van der Waals surface area contributed by atoms with Crippen molar-refractivity contribution in [3.05, 3.63) is 99.8 Å². The molecule has 17 heteroatoms. The zero-order chi connectivity index (χ0) is 45.8. The van der Waals surface area contributed by atoms with Crippen LogP contribution in [0.2, 0.25) is 0 Å². The molecule has 3 amide bonds. The summed E-state index contributed by atoms with van der Waals surface area (Å²) in [6, 6.07) is 11.0. The lowest BCUT2D eigenvalue weighted by molar-refractivity contribution is -0.135. The predicted molar refractivity (Wildman–Crippen MR) is 240 cm³/mol. The van der Waals surface area contributed by atoms with Crippen LogP contribution in [0.1, 0.15) is 91.4 Å². The molecule has 2 aromatic carbocycles. The molecule has 4 aliphatic heterocycles. The second-order valence-electron chi connectivity index (χ2n) is 17.5. The molecule has 5 N–H and O–H groups in total. The molecule has 0 fully saturated rings. The predicted octanol–water partition coefficient (Wildman–Crippen LogP) is 4.86. The van der Waals surface area contributed by atoms with Crippen molar-refractivity contribution in [1.82, 2.24) is 35.7 Å².